The summed E-state index contributed by atoms with van der Waals surface area (Å²) >= 11 is 3.12. The fourth-order valence-electron chi connectivity index (χ4n) is 2.31. The maximum atomic E-state index is 11.9. The van der Waals surface area contributed by atoms with Gasteiger partial charge in [-0.2, -0.15) is 0 Å². The normalized spacial score (nSPS) is 11.4. The van der Waals surface area contributed by atoms with Crippen molar-refractivity contribution in [3.05, 3.63) is 36.1 Å². The lowest BCUT2D eigenvalue weighted by Gasteiger charge is -2.01. The zero-order valence-electron chi connectivity index (χ0n) is 12.7. The second-order valence-corrected chi connectivity index (χ2v) is 7.21. The summed E-state index contributed by atoms with van der Waals surface area (Å²) in [4.78, 5) is 12.8. The third-order valence-electron chi connectivity index (χ3n) is 3.37. The summed E-state index contributed by atoms with van der Waals surface area (Å²) in [5.74, 6) is 1.60. The molecule has 0 atom stereocenters. The quantitative estimate of drug-likeness (QED) is 0.550. The van der Waals surface area contributed by atoms with Gasteiger partial charge in [-0.1, -0.05) is 40.4 Å². The van der Waals surface area contributed by atoms with E-state index >= 15 is 0 Å². The summed E-state index contributed by atoms with van der Waals surface area (Å²) < 4.78 is 8.12. The van der Waals surface area contributed by atoms with Crippen LogP contribution in [0.1, 0.15) is 12.2 Å². The number of carbonyl (C=O) groups is 1. The topological polar surface area (TPSA) is 85.3 Å². The first kappa shape index (κ1) is 15.2. The Labute approximate surface area is 145 Å². The summed E-state index contributed by atoms with van der Waals surface area (Å²) in [6, 6.07) is 9.80. The van der Waals surface area contributed by atoms with Crippen molar-refractivity contribution in [2.45, 2.75) is 18.5 Å². The zero-order chi connectivity index (χ0) is 16.5. The monoisotopic (exact) mass is 359 g/mol. The Hall–Kier alpha value is -2.39. The number of amides is 1. The number of fused-ring (bicyclic) bond motifs is 3. The summed E-state index contributed by atoms with van der Waals surface area (Å²) in [5.41, 5.74) is 1.09. The van der Waals surface area contributed by atoms with Gasteiger partial charge in [0.25, 0.3) is 0 Å². The van der Waals surface area contributed by atoms with Crippen LogP contribution in [0.4, 0.5) is 5.82 Å². The molecule has 0 radical (unpaired) electrons. The lowest BCUT2D eigenvalue weighted by Crippen LogP contribution is -2.12. The number of nitrogens with zero attached hydrogens (tertiary/aromatic N) is 4. The van der Waals surface area contributed by atoms with E-state index in [0.717, 1.165) is 15.6 Å². The van der Waals surface area contributed by atoms with Gasteiger partial charge in [0.15, 0.2) is 11.0 Å². The van der Waals surface area contributed by atoms with Gasteiger partial charge in [-0.05, 0) is 19.1 Å². The molecule has 1 N–H and O–H groups in total. The van der Waals surface area contributed by atoms with Crippen LogP contribution >= 0.6 is 23.1 Å². The van der Waals surface area contributed by atoms with E-state index in [4.69, 9.17) is 4.52 Å². The number of carbonyl (C=O) groups excluding carboxylic acids is 1. The van der Waals surface area contributed by atoms with E-state index < -0.39 is 0 Å². The highest BCUT2D eigenvalue weighted by molar-refractivity contribution is 7.99. The summed E-state index contributed by atoms with van der Waals surface area (Å²) in [5, 5.41) is 15.7. The first-order chi connectivity index (χ1) is 11.7. The SMILES string of the molecule is Cc1cc(NC(=O)CCSc2nnc3sc4ccccc4n23)no1. The summed E-state index contributed by atoms with van der Waals surface area (Å²) in [7, 11) is 0. The smallest absolute Gasteiger partial charge is 0.226 e. The van der Waals surface area contributed by atoms with Gasteiger partial charge >= 0.3 is 0 Å². The van der Waals surface area contributed by atoms with Crippen LogP contribution in [0, 0.1) is 6.92 Å². The van der Waals surface area contributed by atoms with E-state index in [2.05, 4.69) is 26.7 Å². The fourth-order valence-corrected chi connectivity index (χ4v) is 4.22. The number of para-hydroxylation sites is 1. The third kappa shape index (κ3) is 2.87. The van der Waals surface area contributed by atoms with Crippen molar-refractivity contribution in [2.24, 2.45) is 0 Å². The summed E-state index contributed by atoms with van der Waals surface area (Å²) in [6.07, 6.45) is 0.355. The van der Waals surface area contributed by atoms with Crippen molar-refractivity contribution in [1.29, 1.82) is 0 Å². The highest BCUT2D eigenvalue weighted by atomic mass is 32.2. The minimum Gasteiger partial charge on any atom is -0.360 e. The molecule has 24 heavy (non-hydrogen) atoms. The predicted octanol–water partition coefficient (Wildman–Crippen LogP) is 3.36. The molecule has 1 aromatic carbocycles. The second-order valence-electron chi connectivity index (χ2n) is 5.14. The molecule has 4 aromatic rings. The first-order valence-electron chi connectivity index (χ1n) is 7.29. The fraction of sp³-hybridized carbons (Fsp3) is 0.200. The van der Waals surface area contributed by atoms with Gasteiger partial charge in [0.05, 0.1) is 10.2 Å². The Kier molecular flexibility index (Phi) is 3.95. The number of anilines is 1. The predicted molar refractivity (Wildman–Crippen MR) is 93.6 cm³/mol. The molecule has 0 aliphatic rings. The Morgan fingerprint density at radius 1 is 1.38 bits per heavy atom. The van der Waals surface area contributed by atoms with Crippen molar-refractivity contribution >= 4 is 50.0 Å². The van der Waals surface area contributed by atoms with Gasteiger partial charge in [0.2, 0.25) is 10.9 Å². The van der Waals surface area contributed by atoms with Crippen molar-refractivity contribution < 1.29 is 9.32 Å². The number of hydrogen-bond acceptors (Lipinski definition) is 7. The zero-order valence-corrected chi connectivity index (χ0v) is 14.4. The number of hydrogen-bond donors (Lipinski definition) is 1. The molecule has 9 heteroatoms. The van der Waals surface area contributed by atoms with Crippen LogP contribution in [0.15, 0.2) is 40.0 Å². The third-order valence-corrected chi connectivity index (χ3v) is 5.31. The number of thioether (sulfide) groups is 1. The summed E-state index contributed by atoms with van der Waals surface area (Å²) in [6.45, 7) is 1.78. The van der Waals surface area contributed by atoms with Gasteiger partial charge < -0.3 is 9.84 Å². The van der Waals surface area contributed by atoms with Crippen LogP contribution in [0.3, 0.4) is 0 Å². The molecule has 0 saturated carbocycles. The van der Waals surface area contributed by atoms with Gasteiger partial charge in [-0.15, -0.1) is 10.2 Å². The Balaban J connectivity index is 1.42. The maximum absolute atomic E-state index is 11.9. The molecular weight excluding hydrogens is 346 g/mol. The van der Waals surface area contributed by atoms with Crippen LogP contribution in [0.5, 0.6) is 0 Å². The molecule has 4 rings (SSSR count). The highest BCUT2D eigenvalue weighted by Gasteiger charge is 2.13. The molecule has 1 amide bonds. The minimum absolute atomic E-state index is 0.105. The Morgan fingerprint density at radius 2 is 2.25 bits per heavy atom. The van der Waals surface area contributed by atoms with Crippen LogP contribution in [0.25, 0.3) is 15.2 Å². The van der Waals surface area contributed by atoms with E-state index in [1.54, 1.807) is 24.3 Å². The van der Waals surface area contributed by atoms with Crippen LogP contribution < -0.4 is 5.32 Å². The molecule has 3 heterocycles. The highest BCUT2D eigenvalue weighted by Crippen LogP contribution is 2.29. The average Bonchev–Trinajstić information content (AvgIpc) is 3.23. The van der Waals surface area contributed by atoms with E-state index in [1.165, 1.54) is 16.5 Å². The van der Waals surface area contributed by atoms with E-state index in [-0.39, 0.29) is 5.91 Å². The van der Waals surface area contributed by atoms with Gasteiger partial charge in [-0.25, -0.2) is 0 Å². The molecular formula is C15H13N5O2S2. The van der Waals surface area contributed by atoms with Gasteiger partial charge in [0.1, 0.15) is 5.76 Å². The second kappa shape index (κ2) is 6.25. The first-order valence-corrected chi connectivity index (χ1v) is 9.09. The Bertz CT molecular complexity index is 1020. The lowest BCUT2D eigenvalue weighted by atomic mass is 10.3. The van der Waals surface area contributed by atoms with Gasteiger partial charge in [-0.3, -0.25) is 9.20 Å². The Morgan fingerprint density at radius 3 is 3.08 bits per heavy atom. The van der Waals surface area contributed by atoms with E-state index in [1.807, 2.05) is 22.6 Å². The average molecular weight is 359 g/mol. The largest absolute Gasteiger partial charge is 0.360 e. The van der Waals surface area contributed by atoms with Crippen LogP contribution in [0.2, 0.25) is 0 Å². The maximum Gasteiger partial charge on any atom is 0.226 e. The number of nitrogens with one attached hydrogen (secondary N) is 1. The molecule has 0 aliphatic carbocycles. The van der Waals surface area contributed by atoms with E-state index in [0.29, 0.717) is 23.8 Å². The van der Waals surface area contributed by atoms with Crippen molar-refractivity contribution in [3.8, 4) is 0 Å². The number of aryl methyl sites for hydroxylation is 1. The van der Waals surface area contributed by atoms with Crippen molar-refractivity contribution in [1.82, 2.24) is 19.8 Å². The number of benzene rings is 1. The van der Waals surface area contributed by atoms with Crippen molar-refractivity contribution in [3.63, 3.8) is 0 Å². The standard InChI is InChI=1S/C15H13N5O2S2/c1-9-8-12(19-22-9)16-13(21)6-7-23-14-17-18-15-20(14)10-4-2-3-5-11(10)24-15/h2-5,8H,6-7H2,1H3,(H,16,19,21). The molecule has 0 spiro atoms. The lowest BCUT2D eigenvalue weighted by molar-refractivity contribution is -0.115. The van der Waals surface area contributed by atoms with Crippen LogP contribution in [-0.4, -0.2) is 31.4 Å². The minimum atomic E-state index is -0.105. The molecule has 0 unspecified atom stereocenters. The molecule has 0 bridgehead atoms. The number of rotatable bonds is 5. The molecule has 0 fully saturated rings. The van der Waals surface area contributed by atoms with Crippen LogP contribution in [-0.2, 0) is 4.79 Å². The molecule has 122 valence electrons. The molecule has 3 aromatic heterocycles. The molecule has 0 aliphatic heterocycles. The van der Waals surface area contributed by atoms with Gasteiger partial charge in [0, 0.05) is 18.2 Å². The molecule has 0 saturated heterocycles. The van der Waals surface area contributed by atoms with E-state index in [9.17, 15) is 4.79 Å². The molecule has 7 nitrogen and oxygen atoms in total. The number of aromatic nitrogens is 4. The number of thiazole rings is 1. The van der Waals surface area contributed by atoms with Crippen molar-refractivity contribution in [2.75, 3.05) is 11.1 Å².